The number of hydrogen-bond donors (Lipinski definition) is 0. The van der Waals surface area contributed by atoms with Crippen LogP contribution in [0.3, 0.4) is 0 Å². The molecule has 0 amide bonds. The Morgan fingerprint density at radius 1 is 1.42 bits per heavy atom. The van der Waals surface area contributed by atoms with Gasteiger partial charge >= 0.3 is 5.97 Å². The van der Waals surface area contributed by atoms with Crippen LogP contribution in [-0.2, 0) is 9.53 Å². The summed E-state index contributed by atoms with van der Waals surface area (Å²) in [5.41, 5.74) is 0.711. The first kappa shape index (κ1) is 5.36. The Hall–Kier alpha value is -1.31. The van der Waals surface area contributed by atoms with E-state index >= 15 is 0 Å². The van der Waals surface area contributed by atoms with E-state index in [1.54, 1.807) is 24.3 Å². The van der Waals surface area contributed by atoms with Crippen LogP contribution in [0.25, 0.3) is 0 Å². The third kappa shape index (κ3) is 1.33. The molecule has 0 N–H and O–H groups in total. The molecule has 1 aromatic rings. The molecular weight excluding hydrogens is 152 g/mol. The first-order chi connectivity index (χ1) is 6.59. The number of carbonyl (C=O) groups excluding carboxylic acids is 1. The van der Waals surface area contributed by atoms with Gasteiger partial charge in [0.1, 0.15) is 6.10 Å². The van der Waals surface area contributed by atoms with Crippen molar-refractivity contribution in [3.8, 4) is 0 Å². The molecule has 1 atom stereocenters. The van der Waals surface area contributed by atoms with Gasteiger partial charge in [0.05, 0.1) is 0 Å². The number of benzene rings is 1. The fraction of sp³-hybridized carbons (Fsp3) is 0.300. The highest BCUT2D eigenvalue weighted by molar-refractivity contribution is 5.71. The average molecular weight is 164 g/mol. The van der Waals surface area contributed by atoms with E-state index in [1.807, 2.05) is 6.07 Å². The van der Waals surface area contributed by atoms with Crippen LogP contribution in [0, 0.1) is 0 Å². The predicted octanol–water partition coefficient (Wildman–Crippen LogP) is 2.06. The van der Waals surface area contributed by atoms with Crippen LogP contribution in [0.2, 0.25) is 0 Å². The van der Waals surface area contributed by atoms with E-state index in [-0.39, 0.29) is 6.42 Å². The molecule has 1 aromatic carbocycles. The van der Waals surface area contributed by atoms with E-state index in [9.17, 15) is 4.79 Å². The van der Waals surface area contributed by atoms with E-state index in [2.05, 4.69) is 0 Å². The van der Waals surface area contributed by atoms with Crippen LogP contribution in [0.15, 0.2) is 30.3 Å². The molecule has 62 valence electrons. The lowest BCUT2D eigenvalue weighted by molar-refractivity contribution is -0.141. The van der Waals surface area contributed by atoms with Crippen LogP contribution in [0.1, 0.15) is 27.2 Å². The summed E-state index contributed by atoms with van der Waals surface area (Å²) < 4.78 is 20.2. The minimum absolute atomic E-state index is 0.160. The zero-order chi connectivity index (χ0) is 10.2. The minimum atomic E-state index is -1.58. The van der Waals surface area contributed by atoms with Gasteiger partial charge in [-0.2, -0.15) is 0 Å². The van der Waals surface area contributed by atoms with Gasteiger partial charge in [-0.05, 0) is 11.9 Å². The van der Waals surface area contributed by atoms with Crippen molar-refractivity contribution in [2.45, 2.75) is 18.9 Å². The van der Waals surface area contributed by atoms with Crippen LogP contribution < -0.4 is 0 Å². The molecule has 0 radical (unpaired) electrons. The minimum Gasteiger partial charge on any atom is -0.457 e. The molecule has 0 aromatic heterocycles. The molecule has 2 nitrogen and oxygen atoms in total. The molecule has 0 spiro atoms. The second-order valence-electron chi connectivity index (χ2n) is 2.66. The van der Waals surface area contributed by atoms with Gasteiger partial charge in [-0.15, -0.1) is 0 Å². The number of cyclic esters (lactones) is 1. The highest BCUT2D eigenvalue weighted by Crippen LogP contribution is 2.28. The quantitative estimate of drug-likeness (QED) is 0.594. The molecule has 1 aliphatic rings. The van der Waals surface area contributed by atoms with Crippen molar-refractivity contribution in [3.05, 3.63) is 35.9 Å². The van der Waals surface area contributed by atoms with E-state index < -0.39 is 18.4 Å². The van der Waals surface area contributed by atoms with Gasteiger partial charge in [0.15, 0.2) is 0 Å². The third-order valence-electron chi connectivity index (χ3n) is 1.78. The second kappa shape index (κ2) is 2.97. The molecule has 2 heteroatoms. The molecule has 1 unspecified atom stereocenters. The Morgan fingerprint density at radius 3 is 2.75 bits per heavy atom. The summed E-state index contributed by atoms with van der Waals surface area (Å²) in [7, 11) is 0. The van der Waals surface area contributed by atoms with E-state index in [0.29, 0.717) is 5.56 Å². The highest BCUT2D eigenvalue weighted by Gasteiger charge is 2.24. The predicted molar refractivity (Wildman–Crippen MR) is 44.5 cm³/mol. The molecule has 0 aliphatic carbocycles. The Morgan fingerprint density at radius 2 is 2.17 bits per heavy atom. The Bertz CT molecular complexity index is 348. The van der Waals surface area contributed by atoms with Crippen molar-refractivity contribution in [3.63, 3.8) is 0 Å². The number of carbonyl (C=O) groups is 1. The number of esters is 1. The molecular formula is C10H10O2. The van der Waals surface area contributed by atoms with E-state index in [4.69, 9.17) is 7.48 Å². The van der Waals surface area contributed by atoms with Gasteiger partial charge in [0.25, 0.3) is 0 Å². The first-order valence-electron chi connectivity index (χ1n) is 4.84. The number of hydrogen-bond acceptors (Lipinski definition) is 2. The zero-order valence-electron chi connectivity index (χ0n) is 8.49. The molecule has 1 aliphatic heterocycles. The average Bonchev–Trinajstić information content (AvgIpc) is 2.41. The van der Waals surface area contributed by atoms with Gasteiger partial charge in [0.2, 0.25) is 0 Å². The van der Waals surface area contributed by atoms with Crippen LogP contribution in [0.5, 0.6) is 0 Å². The lowest BCUT2D eigenvalue weighted by atomic mass is 10.1. The normalized spacial score (nSPS) is 29.0. The summed E-state index contributed by atoms with van der Waals surface area (Å²) in [6.07, 6.45) is -2.50. The highest BCUT2D eigenvalue weighted by atomic mass is 16.5. The van der Waals surface area contributed by atoms with Crippen molar-refractivity contribution in [2.75, 3.05) is 0 Å². The van der Waals surface area contributed by atoms with Gasteiger partial charge in [-0.3, -0.25) is 4.79 Å². The topological polar surface area (TPSA) is 26.3 Å². The second-order valence-corrected chi connectivity index (χ2v) is 2.66. The summed E-state index contributed by atoms with van der Waals surface area (Å²) in [6, 6.07) is 8.98. The van der Waals surface area contributed by atoms with Gasteiger partial charge in [-0.25, -0.2) is 0 Å². The van der Waals surface area contributed by atoms with Crippen molar-refractivity contribution in [2.24, 2.45) is 0 Å². The zero-order valence-corrected chi connectivity index (χ0v) is 6.49. The maximum Gasteiger partial charge on any atom is 0.306 e. The number of rotatable bonds is 1. The van der Waals surface area contributed by atoms with Crippen molar-refractivity contribution in [1.82, 2.24) is 0 Å². The van der Waals surface area contributed by atoms with Crippen LogP contribution in [-0.4, -0.2) is 5.97 Å². The molecule has 1 fully saturated rings. The van der Waals surface area contributed by atoms with Crippen LogP contribution in [0.4, 0.5) is 0 Å². The monoisotopic (exact) mass is 164 g/mol. The summed E-state index contributed by atoms with van der Waals surface area (Å²) >= 11 is 0. The Kier molecular flexibility index (Phi) is 1.33. The molecule has 1 saturated heterocycles. The molecule has 0 bridgehead atoms. The Labute approximate surface area is 74.0 Å². The van der Waals surface area contributed by atoms with Crippen molar-refractivity contribution < 1.29 is 12.3 Å². The molecule has 2 rings (SSSR count). The molecule has 12 heavy (non-hydrogen) atoms. The number of ether oxygens (including phenoxy) is 1. The summed E-state index contributed by atoms with van der Waals surface area (Å²) in [4.78, 5) is 11.0. The molecule has 0 saturated carbocycles. The maximum absolute atomic E-state index is 11.0. The van der Waals surface area contributed by atoms with E-state index in [0.717, 1.165) is 0 Å². The van der Waals surface area contributed by atoms with Crippen LogP contribution >= 0.6 is 0 Å². The Balaban J connectivity index is 2.32. The fourth-order valence-electron chi connectivity index (χ4n) is 1.20. The maximum atomic E-state index is 11.0. The standard InChI is InChI=1S/C10H10O2/c11-10-7-6-9(12-10)8-4-2-1-3-5-8/h1-5,9H,6-7H2/i6D2. The lowest BCUT2D eigenvalue weighted by Gasteiger charge is -2.07. The summed E-state index contributed by atoms with van der Waals surface area (Å²) in [6.45, 7) is 0. The molecule has 1 heterocycles. The smallest absolute Gasteiger partial charge is 0.306 e. The fourth-order valence-corrected chi connectivity index (χ4v) is 1.20. The van der Waals surface area contributed by atoms with Gasteiger partial charge in [0, 0.05) is 9.16 Å². The summed E-state index contributed by atoms with van der Waals surface area (Å²) in [5.74, 6) is -0.469. The SMILES string of the molecule is [2H]C1([2H])CC(=O)OC1c1ccccc1. The van der Waals surface area contributed by atoms with E-state index in [1.165, 1.54) is 0 Å². The van der Waals surface area contributed by atoms with Gasteiger partial charge < -0.3 is 4.74 Å². The first-order valence-corrected chi connectivity index (χ1v) is 3.84. The van der Waals surface area contributed by atoms with Crippen molar-refractivity contribution >= 4 is 5.97 Å². The van der Waals surface area contributed by atoms with Gasteiger partial charge in [-0.1, -0.05) is 30.3 Å². The lowest BCUT2D eigenvalue weighted by Crippen LogP contribution is -1.97. The van der Waals surface area contributed by atoms with Crippen molar-refractivity contribution in [1.29, 1.82) is 0 Å². The third-order valence-corrected chi connectivity index (χ3v) is 1.78. The largest absolute Gasteiger partial charge is 0.457 e. The summed E-state index contributed by atoms with van der Waals surface area (Å²) in [5, 5.41) is 0.